The Morgan fingerprint density at radius 3 is 2.14 bits per heavy atom. The van der Waals surface area contributed by atoms with E-state index in [-0.39, 0.29) is 12.5 Å². The van der Waals surface area contributed by atoms with Crippen molar-refractivity contribution in [3.05, 3.63) is 65.5 Å². The Balaban J connectivity index is 1.92. The fourth-order valence-electron chi connectivity index (χ4n) is 2.47. The second-order valence-corrected chi connectivity index (χ2v) is 6.02. The van der Waals surface area contributed by atoms with E-state index in [0.717, 1.165) is 5.56 Å². The molecular weight excluding hydrogens is 361 g/mol. The maximum atomic E-state index is 12.9. The number of ether oxygens (including phenoxy) is 1. The lowest BCUT2D eigenvalue weighted by atomic mass is 10.1. The van der Waals surface area contributed by atoms with Crippen LogP contribution >= 0.6 is 0 Å². The number of halogens is 1. The molecule has 0 aliphatic rings. The number of amides is 2. The van der Waals surface area contributed by atoms with E-state index in [1.165, 1.54) is 24.3 Å². The fourth-order valence-corrected chi connectivity index (χ4v) is 2.47. The van der Waals surface area contributed by atoms with E-state index in [4.69, 9.17) is 4.74 Å². The molecule has 0 aliphatic heterocycles. The predicted molar refractivity (Wildman–Crippen MR) is 106 cm³/mol. The molecule has 0 atom stereocenters. The number of rotatable bonds is 8. The van der Waals surface area contributed by atoms with Crippen LogP contribution in [0.25, 0.3) is 0 Å². The lowest BCUT2D eigenvalue weighted by Crippen LogP contribution is -2.34. The van der Waals surface area contributed by atoms with Gasteiger partial charge in [-0.3, -0.25) is 9.59 Å². The van der Waals surface area contributed by atoms with E-state index in [1.807, 2.05) is 13.8 Å². The van der Waals surface area contributed by atoms with Gasteiger partial charge < -0.3 is 9.64 Å². The number of carbonyl (C=O) groups excluding carboxylic acids is 2. The minimum Gasteiger partial charge on any atom is -0.484 e. The molecule has 0 aliphatic carbocycles. The zero-order chi connectivity index (χ0) is 20.5. The molecule has 2 rings (SSSR count). The zero-order valence-corrected chi connectivity index (χ0v) is 16.2. The van der Waals surface area contributed by atoms with Crippen LogP contribution in [-0.2, 0) is 4.79 Å². The number of hydrazone groups is 1. The lowest BCUT2D eigenvalue weighted by Gasteiger charge is -2.18. The molecule has 0 heterocycles. The molecule has 0 spiro atoms. The Morgan fingerprint density at radius 1 is 1.00 bits per heavy atom. The van der Waals surface area contributed by atoms with E-state index < -0.39 is 11.7 Å². The van der Waals surface area contributed by atoms with Gasteiger partial charge in [-0.2, -0.15) is 5.10 Å². The Kier molecular flexibility index (Phi) is 7.68. The summed E-state index contributed by atoms with van der Waals surface area (Å²) < 4.78 is 18.4. The van der Waals surface area contributed by atoms with Crippen molar-refractivity contribution < 1.29 is 18.7 Å². The molecule has 0 fully saturated rings. The molecule has 0 unspecified atom stereocenters. The summed E-state index contributed by atoms with van der Waals surface area (Å²) in [6.45, 7) is 6.89. The van der Waals surface area contributed by atoms with Crippen molar-refractivity contribution in [3.63, 3.8) is 0 Å². The summed E-state index contributed by atoms with van der Waals surface area (Å²) in [5, 5.41) is 4.06. The molecule has 0 radical (unpaired) electrons. The highest BCUT2D eigenvalue weighted by Gasteiger charge is 2.10. The van der Waals surface area contributed by atoms with Crippen molar-refractivity contribution in [1.82, 2.24) is 10.3 Å². The Labute approximate surface area is 164 Å². The van der Waals surface area contributed by atoms with Crippen LogP contribution in [-0.4, -0.2) is 42.1 Å². The first-order valence-electron chi connectivity index (χ1n) is 9.05. The smallest absolute Gasteiger partial charge is 0.271 e. The van der Waals surface area contributed by atoms with E-state index in [2.05, 4.69) is 10.5 Å². The first-order chi connectivity index (χ1) is 13.4. The van der Waals surface area contributed by atoms with E-state index >= 15 is 0 Å². The maximum absolute atomic E-state index is 12.9. The number of likely N-dealkylation sites (N-methyl/N-ethyl adjacent to an activating group) is 1. The Morgan fingerprint density at radius 2 is 1.57 bits per heavy atom. The topological polar surface area (TPSA) is 71.0 Å². The maximum Gasteiger partial charge on any atom is 0.271 e. The van der Waals surface area contributed by atoms with E-state index in [0.29, 0.717) is 30.1 Å². The van der Waals surface area contributed by atoms with Gasteiger partial charge in [0, 0.05) is 18.7 Å². The van der Waals surface area contributed by atoms with Crippen LogP contribution in [0.3, 0.4) is 0 Å². The summed E-state index contributed by atoms with van der Waals surface area (Å²) in [6, 6.07) is 12.3. The van der Waals surface area contributed by atoms with Gasteiger partial charge >= 0.3 is 0 Å². The molecule has 0 aromatic heterocycles. The Bertz CT molecular complexity index is 829. The predicted octanol–water partition coefficient (Wildman–Crippen LogP) is 3.23. The molecule has 28 heavy (non-hydrogen) atoms. The van der Waals surface area contributed by atoms with Crippen molar-refractivity contribution in [2.75, 3.05) is 19.7 Å². The molecule has 2 aromatic carbocycles. The largest absolute Gasteiger partial charge is 0.484 e. The van der Waals surface area contributed by atoms with Gasteiger partial charge in [0.05, 0.1) is 5.71 Å². The van der Waals surface area contributed by atoms with Gasteiger partial charge in [0.25, 0.3) is 11.8 Å². The van der Waals surface area contributed by atoms with Crippen LogP contribution in [0.15, 0.2) is 53.6 Å². The molecule has 1 N–H and O–H groups in total. The standard InChI is InChI=1S/C21H24FN3O3/c1-4-25(5-2)20(26)14-28-19-12-8-16(9-13-19)15(3)23-24-21(27)17-6-10-18(22)11-7-17/h6-13H,4-5,14H2,1-3H3,(H,24,27)/b23-15-. The molecule has 6 nitrogen and oxygen atoms in total. The number of hydrogen-bond acceptors (Lipinski definition) is 4. The molecule has 0 saturated heterocycles. The van der Waals surface area contributed by atoms with Gasteiger partial charge in [-0.25, -0.2) is 9.82 Å². The van der Waals surface area contributed by atoms with Crippen molar-refractivity contribution >= 4 is 17.5 Å². The van der Waals surface area contributed by atoms with Crippen LogP contribution in [0, 0.1) is 5.82 Å². The summed E-state index contributed by atoms with van der Waals surface area (Å²) >= 11 is 0. The second kappa shape index (κ2) is 10.2. The summed E-state index contributed by atoms with van der Waals surface area (Å²) in [5.41, 5.74) is 4.15. The second-order valence-electron chi connectivity index (χ2n) is 6.02. The van der Waals surface area contributed by atoms with Crippen molar-refractivity contribution in [2.45, 2.75) is 20.8 Å². The van der Waals surface area contributed by atoms with Gasteiger partial charge in [0.1, 0.15) is 11.6 Å². The number of nitrogens with zero attached hydrogens (tertiary/aromatic N) is 2. The average Bonchev–Trinajstić information content (AvgIpc) is 2.72. The third-order valence-corrected chi connectivity index (χ3v) is 4.18. The molecule has 0 saturated carbocycles. The van der Waals surface area contributed by atoms with Crippen LogP contribution in [0.5, 0.6) is 5.75 Å². The van der Waals surface area contributed by atoms with E-state index in [1.54, 1.807) is 36.1 Å². The molecule has 148 valence electrons. The van der Waals surface area contributed by atoms with Crippen molar-refractivity contribution in [3.8, 4) is 5.75 Å². The van der Waals surface area contributed by atoms with Crippen molar-refractivity contribution in [1.29, 1.82) is 0 Å². The van der Waals surface area contributed by atoms with Crippen LogP contribution < -0.4 is 10.2 Å². The number of carbonyl (C=O) groups is 2. The minimum absolute atomic E-state index is 0.0121. The van der Waals surface area contributed by atoms with Gasteiger partial charge in [0.2, 0.25) is 0 Å². The first kappa shape index (κ1) is 21.1. The van der Waals surface area contributed by atoms with Gasteiger partial charge in [-0.05, 0) is 74.9 Å². The first-order valence-corrected chi connectivity index (χ1v) is 9.05. The van der Waals surface area contributed by atoms with Crippen LogP contribution in [0.2, 0.25) is 0 Å². The third-order valence-electron chi connectivity index (χ3n) is 4.18. The SMILES string of the molecule is CCN(CC)C(=O)COc1ccc(/C(C)=N\NC(=O)c2ccc(F)cc2)cc1. The monoisotopic (exact) mass is 385 g/mol. The molecule has 7 heteroatoms. The number of benzene rings is 2. The van der Waals surface area contributed by atoms with E-state index in [9.17, 15) is 14.0 Å². The lowest BCUT2D eigenvalue weighted by molar-refractivity contribution is -0.132. The van der Waals surface area contributed by atoms with Crippen LogP contribution in [0.4, 0.5) is 4.39 Å². The summed E-state index contributed by atoms with van der Waals surface area (Å²) in [4.78, 5) is 25.7. The number of hydrogen-bond donors (Lipinski definition) is 1. The highest BCUT2D eigenvalue weighted by Crippen LogP contribution is 2.13. The Hall–Kier alpha value is -3.22. The summed E-state index contributed by atoms with van der Waals surface area (Å²) in [5.74, 6) is -0.311. The molecule has 0 bridgehead atoms. The summed E-state index contributed by atoms with van der Waals surface area (Å²) in [7, 11) is 0. The molecular formula is C21H24FN3O3. The third kappa shape index (κ3) is 5.90. The van der Waals surface area contributed by atoms with Gasteiger partial charge in [-0.1, -0.05) is 0 Å². The van der Waals surface area contributed by atoms with Crippen LogP contribution in [0.1, 0.15) is 36.7 Å². The normalized spacial score (nSPS) is 11.1. The minimum atomic E-state index is -0.422. The van der Waals surface area contributed by atoms with Gasteiger partial charge in [-0.15, -0.1) is 0 Å². The number of nitrogens with one attached hydrogen (secondary N) is 1. The highest BCUT2D eigenvalue weighted by molar-refractivity contribution is 6.00. The quantitative estimate of drug-likeness (QED) is 0.560. The summed E-state index contributed by atoms with van der Waals surface area (Å²) in [6.07, 6.45) is 0. The fraction of sp³-hybridized carbons (Fsp3) is 0.286. The van der Waals surface area contributed by atoms with Gasteiger partial charge in [0.15, 0.2) is 6.61 Å². The average molecular weight is 385 g/mol. The highest BCUT2D eigenvalue weighted by atomic mass is 19.1. The van der Waals surface area contributed by atoms with Crippen molar-refractivity contribution in [2.24, 2.45) is 5.10 Å². The molecule has 2 aromatic rings. The zero-order valence-electron chi connectivity index (χ0n) is 16.2. The molecule has 2 amide bonds.